The molecule has 25 heavy (non-hydrogen) atoms. The summed E-state index contributed by atoms with van der Waals surface area (Å²) < 4.78 is 38.9. The van der Waals surface area contributed by atoms with Crippen LogP contribution in [0.15, 0.2) is 41.3 Å². The smallest absolute Gasteiger partial charge is 0.348 e. The van der Waals surface area contributed by atoms with Crippen LogP contribution in [0.5, 0.6) is 0 Å². The fourth-order valence-electron chi connectivity index (χ4n) is 2.38. The van der Waals surface area contributed by atoms with Crippen LogP contribution in [0.25, 0.3) is 0 Å². The molecule has 0 saturated carbocycles. The van der Waals surface area contributed by atoms with Gasteiger partial charge in [-0.05, 0) is 43.5 Å². The number of nitrogens with zero attached hydrogens (tertiary/aromatic N) is 1. The lowest BCUT2D eigenvalue weighted by molar-refractivity contribution is -0.138. The number of halogens is 3. The number of benzene rings is 1. The Bertz CT molecular complexity index is 841. The molecular formula is C18H19F3N2O2. The molecule has 1 atom stereocenters. The molecule has 0 aliphatic carbocycles. The van der Waals surface area contributed by atoms with Crippen molar-refractivity contribution in [2.45, 2.75) is 39.5 Å². The zero-order valence-corrected chi connectivity index (χ0v) is 14.1. The zero-order chi connectivity index (χ0) is 18.8. The zero-order valence-electron chi connectivity index (χ0n) is 14.1. The predicted octanol–water partition coefficient (Wildman–Crippen LogP) is 3.36. The Kier molecular flexibility index (Phi) is 5.35. The molecule has 0 saturated heterocycles. The Morgan fingerprint density at radius 3 is 2.44 bits per heavy atom. The molecule has 134 valence electrons. The molecule has 0 unspecified atom stereocenters. The molecule has 0 aliphatic heterocycles. The quantitative estimate of drug-likeness (QED) is 0.917. The van der Waals surface area contributed by atoms with Crippen LogP contribution in [-0.4, -0.2) is 10.5 Å². The van der Waals surface area contributed by atoms with Crippen molar-refractivity contribution in [3.63, 3.8) is 0 Å². The first kappa shape index (κ1) is 18.8. The second-order valence-corrected chi connectivity index (χ2v) is 6.01. The summed E-state index contributed by atoms with van der Waals surface area (Å²) in [5.41, 5.74) is 1.45. The first-order chi connectivity index (χ1) is 11.6. The molecule has 0 fully saturated rings. The fraction of sp³-hybridized carbons (Fsp3) is 0.333. The summed E-state index contributed by atoms with van der Waals surface area (Å²) in [7, 11) is 0. The van der Waals surface area contributed by atoms with E-state index in [-0.39, 0.29) is 6.04 Å². The highest BCUT2D eigenvalue weighted by molar-refractivity contribution is 5.76. The molecule has 1 amide bonds. The maximum atomic E-state index is 12.7. The molecule has 1 aromatic heterocycles. The van der Waals surface area contributed by atoms with Gasteiger partial charge >= 0.3 is 6.18 Å². The standard InChI is InChI=1S/C18H19F3N2O2/c1-11-4-5-14(8-12(11)2)13(3)22-16(24)10-23-9-15(18(19,20)21)6-7-17(23)25/h4-9,13H,10H2,1-3H3,(H,22,24)/t13-/m1/s1. The van der Waals surface area contributed by atoms with Gasteiger partial charge in [-0.25, -0.2) is 0 Å². The number of nitrogens with one attached hydrogen (secondary N) is 1. The molecular weight excluding hydrogens is 333 g/mol. The Labute approximate surface area is 143 Å². The predicted molar refractivity (Wildman–Crippen MR) is 88.2 cm³/mol. The number of hydrogen-bond donors (Lipinski definition) is 1. The van der Waals surface area contributed by atoms with Crippen LogP contribution >= 0.6 is 0 Å². The Morgan fingerprint density at radius 2 is 1.84 bits per heavy atom. The number of amides is 1. The lowest BCUT2D eigenvalue weighted by Gasteiger charge is -2.16. The third-order valence-corrected chi connectivity index (χ3v) is 4.03. The lowest BCUT2D eigenvalue weighted by Crippen LogP contribution is -2.34. The summed E-state index contributed by atoms with van der Waals surface area (Å²) >= 11 is 0. The van der Waals surface area contributed by atoms with Gasteiger partial charge in [0.05, 0.1) is 11.6 Å². The van der Waals surface area contributed by atoms with E-state index in [1.165, 1.54) is 0 Å². The third kappa shape index (κ3) is 4.71. The van der Waals surface area contributed by atoms with Crippen molar-refractivity contribution in [3.8, 4) is 0 Å². The van der Waals surface area contributed by atoms with Crippen molar-refractivity contribution in [1.29, 1.82) is 0 Å². The van der Waals surface area contributed by atoms with Crippen molar-refractivity contribution in [1.82, 2.24) is 9.88 Å². The van der Waals surface area contributed by atoms with Crippen molar-refractivity contribution in [3.05, 3.63) is 69.1 Å². The Balaban J connectivity index is 2.12. The van der Waals surface area contributed by atoms with Crippen LogP contribution < -0.4 is 10.9 Å². The van der Waals surface area contributed by atoms with E-state index in [4.69, 9.17) is 0 Å². The van der Waals surface area contributed by atoms with Gasteiger partial charge in [-0.2, -0.15) is 13.2 Å². The van der Waals surface area contributed by atoms with Crippen molar-refractivity contribution >= 4 is 5.91 Å². The first-order valence-electron chi connectivity index (χ1n) is 7.72. The van der Waals surface area contributed by atoms with Gasteiger partial charge in [0.25, 0.3) is 5.56 Å². The average molecular weight is 352 g/mol. The van der Waals surface area contributed by atoms with E-state index in [1.54, 1.807) is 6.92 Å². The van der Waals surface area contributed by atoms with Crippen molar-refractivity contribution < 1.29 is 18.0 Å². The van der Waals surface area contributed by atoms with E-state index >= 15 is 0 Å². The van der Waals surface area contributed by atoms with Crippen molar-refractivity contribution in [2.24, 2.45) is 0 Å². The van der Waals surface area contributed by atoms with Crippen LogP contribution in [-0.2, 0) is 17.5 Å². The second kappa shape index (κ2) is 7.13. The van der Waals surface area contributed by atoms with Gasteiger partial charge in [0.15, 0.2) is 0 Å². The molecule has 0 radical (unpaired) electrons. The highest BCUT2D eigenvalue weighted by Gasteiger charge is 2.31. The minimum atomic E-state index is -4.57. The third-order valence-electron chi connectivity index (χ3n) is 4.03. The number of aromatic nitrogens is 1. The number of rotatable bonds is 4. The summed E-state index contributed by atoms with van der Waals surface area (Å²) in [5.74, 6) is -0.535. The molecule has 0 bridgehead atoms. The van der Waals surface area contributed by atoms with Gasteiger partial charge in [-0.15, -0.1) is 0 Å². The highest BCUT2D eigenvalue weighted by Crippen LogP contribution is 2.28. The summed E-state index contributed by atoms with van der Waals surface area (Å²) in [6.45, 7) is 5.23. The maximum Gasteiger partial charge on any atom is 0.417 e. The van der Waals surface area contributed by atoms with Gasteiger partial charge in [-0.1, -0.05) is 18.2 Å². The molecule has 1 aromatic carbocycles. The van der Waals surface area contributed by atoms with E-state index in [0.717, 1.165) is 27.3 Å². The molecule has 2 rings (SSSR count). The summed E-state index contributed by atoms with van der Waals surface area (Å²) in [6, 6.07) is 6.94. The topological polar surface area (TPSA) is 51.1 Å². The number of aryl methyl sites for hydroxylation is 2. The van der Waals surface area contributed by atoms with E-state index in [1.807, 2.05) is 32.0 Å². The van der Waals surface area contributed by atoms with Gasteiger partial charge in [0.2, 0.25) is 5.91 Å². The van der Waals surface area contributed by atoms with E-state index in [0.29, 0.717) is 12.3 Å². The minimum Gasteiger partial charge on any atom is -0.348 e. The first-order valence-corrected chi connectivity index (χ1v) is 7.72. The highest BCUT2D eigenvalue weighted by atomic mass is 19.4. The Hall–Kier alpha value is -2.57. The average Bonchev–Trinajstić information content (AvgIpc) is 2.50. The number of pyridine rings is 1. The van der Waals surface area contributed by atoms with Crippen LogP contribution in [0.4, 0.5) is 13.2 Å². The van der Waals surface area contributed by atoms with Crippen LogP contribution in [0.3, 0.4) is 0 Å². The lowest BCUT2D eigenvalue weighted by atomic mass is 10.0. The second-order valence-electron chi connectivity index (χ2n) is 6.01. The summed E-state index contributed by atoms with van der Waals surface area (Å²) in [4.78, 5) is 23.8. The number of alkyl halides is 3. The fourth-order valence-corrected chi connectivity index (χ4v) is 2.38. The van der Waals surface area contributed by atoms with Crippen LogP contribution in [0.1, 0.15) is 35.2 Å². The number of carbonyl (C=O) groups is 1. The van der Waals surface area contributed by atoms with Crippen LogP contribution in [0.2, 0.25) is 0 Å². The van der Waals surface area contributed by atoms with Gasteiger partial charge in [-0.3, -0.25) is 9.59 Å². The number of carbonyl (C=O) groups excluding carboxylic acids is 1. The Morgan fingerprint density at radius 1 is 1.16 bits per heavy atom. The molecule has 0 spiro atoms. The van der Waals surface area contributed by atoms with Crippen LogP contribution in [0, 0.1) is 13.8 Å². The molecule has 0 aliphatic rings. The van der Waals surface area contributed by atoms with Gasteiger partial charge in [0.1, 0.15) is 6.54 Å². The molecule has 4 nitrogen and oxygen atoms in total. The molecule has 2 aromatic rings. The van der Waals surface area contributed by atoms with E-state index in [2.05, 4.69) is 5.32 Å². The van der Waals surface area contributed by atoms with E-state index in [9.17, 15) is 22.8 Å². The molecule has 1 N–H and O–H groups in total. The van der Waals surface area contributed by atoms with Gasteiger partial charge < -0.3 is 9.88 Å². The minimum absolute atomic E-state index is 0.326. The van der Waals surface area contributed by atoms with Gasteiger partial charge in [0, 0.05) is 12.3 Å². The van der Waals surface area contributed by atoms with E-state index < -0.39 is 29.8 Å². The summed E-state index contributed by atoms with van der Waals surface area (Å²) in [5, 5.41) is 2.70. The normalized spacial score (nSPS) is 12.7. The number of hydrogen-bond acceptors (Lipinski definition) is 2. The summed E-state index contributed by atoms with van der Waals surface area (Å²) in [6.07, 6.45) is -3.92. The molecule has 1 heterocycles. The SMILES string of the molecule is Cc1ccc([C@@H](C)NC(=O)Cn2cc(C(F)(F)F)ccc2=O)cc1C. The monoisotopic (exact) mass is 352 g/mol. The molecule has 7 heteroatoms. The largest absolute Gasteiger partial charge is 0.417 e. The maximum absolute atomic E-state index is 12.7. The van der Waals surface area contributed by atoms with Crippen molar-refractivity contribution in [2.75, 3.05) is 0 Å².